The molecule has 0 heterocycles. The van der Waals surface area contributed by atoms with Crippen LogP contribution >= 0.6 is 0 Å². The van der Waals surface area contributed by atoms with E-state index in [0.29, 0.717) is 24.3 Å². The maximum absolute atomic E-state index is 12.4. The normalized spacial score (nSPS) is 39.8. The summed E-state index contributed by atoms with van der Waals surface area (Å²) in [5.41, 5.74) is -0.257. The minimum absolute atomic E-state index is 0.220. The summed E-state index contributed by atoms with van der Waals surface area (Å²) < 4.78 is 0. The molecule has 0 radical (unpaired) electrons. The van der Waals surface area contributed by atoms with Gasteiger partial charge in [-0.2, -0.15) is 0 Å². The molecule has 20 heavy (non-hydrogen) atoms. The van der Waals surface area contributed by atoms with Crippen molar-refractivity contribution in [2.45, 2.75) is 53.1 Å². The third-order valence-corrected chi connectivity index (χ3v) is 6.19. The van der Waals surface area contributed by atoms with E-state index in [0.717, 1.165) is 11.8 Å². The molecule has 0 spiro atoms. The van der Waals surface area contributed by atoms with Gasteiger partial charge in [0.15, 0.2) is 0 Å². The van der Waals surface area contributed by atoms with Crippen LogP contribution in [0.1, 0.15) is 47.0 Å². The monoisotopic (exact) mass is 279 g/mol. The summed E-state index contributed by atoms with van der Waals surface area (Å²) in [5, 5.41) is 13.3. The molecule has 0 aromatic heterocycles. The second kappa shape index (κ2) is 4.72. The summed E-state index contributed by atoms with van der Waals surface area (Å²) in [4.78, 5) is 12.4. The minimum Gasteiger partial charge on any atom is -0.392 e. The molecule has 3 heteroatoms. The van der Waals surface area contributed by atoms with Crippen molar-refractivity contribution in [3.63, 3.8) is 0 Å². The minimum atomic E-state index is -0.377. The van der Waals surface area contributed by atoms with Gasteiger partial charge in [0.2, 0.25) is 5.91 Å². The molecular weight excluding hydrogens is 250 g/mol. The topological polar surface area (TPSA) is 49.3 Å². The highest BCUT2D eigenvalue weighted by atomic mass is 16.3. The molecule has 5 unspecified atom stereocenters. The van der Waals surface area contributed by atoms with Gasteiger partial charge in [0, 0.05) is 17.9 Å². The molecule has 5 atom stereocenters. The van der Waals surface area contributed by atoms with Crippen LogP contribution in [-0.2, 0) is 4.79 Å². The van der Waals surface area contributed by atoms with Crippen LogP contribution in [0, 0.1) is 40.9 Å². The molecule has 0 aromatic rings. The lowest BCUT2D eigenvalue weighted by Gasteiger charge is -2.33. The molecule has 114 valence electrons. The Bertz CT molecular complexity index is 388. The van der Waals surface area contributed by atoms with Gasteiger partial charge in [0.25, 0.3) is 0 Å². The van der Waals surface area contributed by atoms with Crippen LogP contribution in [0.2, 0.25) is 0 Å². The van der Waals surface area contributed by atoms with Crippen molar-refractivity contribution < 1.29 is 9.90 Å². The molecule has 3 saturated carbocycles. The van der Waals surface area contributed by atoms with E-state index < -0.39 is 0 Å². The highest BCUT2D eigenvalue weighted by Crippen LogP contribution is 2.69. The van der Waals surface area contributed by atoms with Crippen molar-refractivity contribution in [3.05, 3.63) is 0 Å². The number of carbonyl (C=O) groups excluding carboxylic acids is 1. The number of hydrogen-bond donors (Lipinski definition) is 2. The predicted octanol–water partition coefficient (Wildman–Crippen LogP) is 2.44. The van der Waals surface area contributed by atoms with Gasteiger partial charge in [-0.15, -0.1) is 0 Å². The van der Waals surface area contributed by atoms with Gasteiger partial charge in [-0.3, -0.25) is 4.79 Å². The number of aliphatic hydroxyl groups excluding tert-OH is 1. The Morgan fingerprint density at radius 1 is 1.25 bits per heavy atom. The summed E-state index contributed by atoms with van der Waals surface area (Å²) in [7, 11) is 0. The Balaban J connectivity index is 1.51. The standard InChI is InChI=1S/C17H29NO2/c1-9(2)15(19)17(3,4)8-18-16(20)14-12-10-5-6-11(7-10)13(12)14/h9-15,19H,5-8H2,1-4H3,(H,18,20). The highest BCUT2D eigenvalue weighted by Gasteiger charge is 2.67. The van der Waals surface area contributed by atoms with E-state index in [9.17, 15) is 9.90 Å². The number of aliphatic hydroxyl groups is 1. The third kappa shape index (κ3) is 2.18. The second-order valence-corrected chi connectivity index (χ2v) is 8.41. The Morgan fingerprint density at radius 2 is 1.80 bits per heavy atom. The van der Waals surface area contributed by atoms with Gasteiger partial charge in [0.1, 0.15) is 0 Å². The first kappa shape index (κ1) is 14.4. The van der Waals surface area contributed by atoms with Crippen molar-refractivity contribution in [2.24, 2.45) is 40.9 Å². The van der Waals surface area contributed by atoms with E-state index in [1.165, 1.54) is 19.3 Å². The van der Waals surface area contributed by atoms with E-state index in [2.05, 4.69) is 5.32 Å². The molecular formula is C17H29NO2. The summed E-state index contributed by atoms with van der Waals surface area (Å²) in [6.45, 7) is 8.70. The second-order valence-electron chi connectivity index (χ2n) is 8.41. The van der Waals surface area contributed by atoms with Gasteiger partial charge < -0.3 is 10.4 Å². The van der Waals surface area contributed by atoms with E-state index >= 15 is 0 Å². The fraction of sp³-hybridized carbons (Fsp3) is 0.941. The number of amides is 1. The highest BCUT2D eigenvalue weighted by molar-refractivity contribution is 5.82. The smallest absolute Gasteiger partial charge is 0.223 e. The third-order valence-electron chi connectivity index (χ3n) is 6.19. The van der Waals surface area contributed by atoms with Crippen LogP contribution in [0.5, 0.6) is 0 Å². The lowest BCUT2D eigenvalue weighted by atomic mass is 9.80. The Morgan fingerprint density at radius 3 is 2.30 bits per heavy atom. The van der Waals surface area contributed by atoms with Gasteiger partial charge in [-0.05, 0) is 48.9 Å². The average molecular weight is 279 g/mol. The molecule has 3 aliphatic rings. The van der Waals surface area contributed by atoms with E-state index in [4.69, 9.17) is 0 Å². The van der Waals surface area contributed by atoms with Crippen molar-refractivity contribution >= 4 is 5.91 Å². The fourth-order valence-corrected chi connectivity index (χ4v) is 5.12. The predicted molar refractivity (Wildman–Crippen MR) is 78.9 cm³/mol. The van der Waals surface area contributed by atoms with Crippen LogP contribution in [0.4, 0.5) is 0 Å². The van der Waals surface area contributed by atoms with Crippen molar-refractivity contribution in [1.29, 1.82) is 0 Å². The van der Waals surface area contributed by atoms with Gasteiger partial charge in [-0.25, -0.2) is 0 Å². The van der Waals surface area contributed by atoms with E-state index in [1.807, 2.05) is 27.7 Å². The molecule has 3 nitrogen and oxygen atoms in total. The molecule has 3 aliphatic carbocycles. The van der Waals surface area contributed by atoms with E-state index in [-0.39, 0.29) is 23.3 Å². The Labute approximate surface area is 122 Å². The number of fused-ring (bicyclic) bond motifs is 5. The SMILES string of the molecule is CC(C)C(O)C(C)(C)CNC(=O)C1C2C3CCC(C3)C12. The van der Waals surface area contributed by atoms with Gasteiger partial charge in [0.05, 0.1) is 6.10 Å². The molecule has 3 rings (SSSR count). The van der Waals surface area contributed by atoms with Crippen LogP contribution in [-0.4, -0.2) is 23.7 Å². The van der Waals surface area contributed by atoms with Crippen molar-refractivity contribution in [1.82, 2.24) is 5.32 Å². The molecule has 0 aliphatic heterocycles. The number of hydrogen-bond acceptors (Lipinski definition) is 2. The average Bonchev–Trinajstić information content (AvgIpc) is 2.83. The first-order valence-electron chi connectivity index (χ1n) is 8.28. The Kier molecular flexibility index (Phi) is 3.39. The molecule has 3 fully saturated rings. The summed E-state index contributed by atoms with van der Waals surface area (Å²) in [5.74, 6) is 3.86. The van der Waals surface area contributed by atoms with Gasteiger partial charge >= 0.3 is 0 Å². The van der Waals surface area contributed by atoms with Crippen LogP contribution < -0.4 is 5.32 Å². The van der Waals surface area contributed by atoms with Crippen LogP contribution in [0.25, 0.3) is 0 Å². The van der Waals surface area contributed by atoms with Crippen molar-refractivity contribution in [2.75, 3.05) is 6.54 Å². The number of carbonyl (C=O) groups is 1. The molecule has 2 N–H and O–H groups in total. The Hall–Kier alpha value is -0.570. The number of rotatable bonds is 5. The molecule has 0 aromatic carbocycles. The zero-order chi connectivity index (χ0) is 14.7. The maximum atomic E-state index is 12.4. The molecule has 0 saturated heterocycles. The van der Waals surface area contributed by atoms with Crippen molar-refractivity contribution in [3.8, 4) is 0 Å². The van der Waals surface area contributed by atoms with Gasteiger partial charge in [-0.1, -0.05) is 27.7 Å². The summed E-state index contributed by atoms with van der Waals surface area (Å²) in [6, 6.07) is 0. The molecule has 1 amide bonds. The quantitative estimate of drug-likeness (QED) is 0.812. The van der Waals surface area contributed by atoms with Crippen LogP contribution in [0.3, 0.4) is 0 Å². The largest absolute Gasteiger partial charge is 0.392 e. The summed E-state index contributed by atoms with van der Waals surface area (Å²) in [6.07, 6.45) is 3.72. The zero-order valence-electron chi connectivity index (χ0n) is 13.2. The zero-order valence-corrected chi connectivity index (χ0v) is 13.2. The fourth-order valence-electron chi connectivity index (χ4n) is 5.12. The lowest BCUT2D eigenvalue weighted by molar-refractivity contribution is -0.124. The van der Waals surface area contributed by atoms with E-state index in [1.54, 1.807) is 0 Å². The van der Waals surface area contributed by atoms with Crippen LogP contribution in [0.15, 0.2) is 0 Å². The number of nitrogens with one attached hydrogen (secondary N) is 1. The molecule has 2 bridgehead atoms. The maximum Gasteiger partial charge on any atom is 0.223 e. The summed E-state index contributed by atoms with van der Waals surface area (Å²) >= 11 is 0. The first-order valence-corrected chi connectivity index (χ1v) is 8.28. The first-order chi connectivity index (χ1) is 9.33. The lowest BCUT2D eigenvalue weighted by Crippen LogP contribution is -2.44.